The number of nitrogens with zero attached hydrogens (tertiary/aromatic N) is 1. The number of carbonyl (C=O) groups is 1. The molecule has 0 spiro atoms. The van der Waals surface area contributed by atoms with Crippen LogP contribution < -0.4 is 4.74 Å². The summed E-state index contributed by atoms with van der Waals surface area (Å²) in [6, 6.07) is 7.78. The molecule has 1 aliphatic heterocycles. The summed E-state index contributed by atoms with van der Waals surface area (Å²) in [5.41, 5.74) is 1.86. The average Bonchev–Trinajstić information content (AvgIpc) is 2.42. The van der Waals surface area contributed by atoms with Crippen LogP contribution in [0.5, 0.6) is 5.75 Å². The van der Waals surface area contributed by atoms with Gasteiger partial charge >= 0.3 is 0 Å². The Balaban J connectivity index is 2.27. The van der Waals surface area contributed by atoms with E-state index in [2.05, 4.69) is 11.8 Å². The lowest BCUT2D eigenvalue weighted by atomic mass is 10.00. The molecule has 1 saturated heterocycles. The molecular weight excluding hydrogens is 226 g/mol. The van der Waals surface area contributed by atoms with Gasteiger partial charge in [-0.25, -0.2) is 0 Å². The number of para-hydroxylation sites is 1. The highest BCUT2D eigenvalue weighted by Crippen LogP contribution is 2.22. The van der Waals surface area contributed by atoms with Gasteiger partial charge in [0.1, 0.15) is 5.75 Å². The van der Waals surface area contributed by atoms with Crippen molar-refractivity contribution in [3.8, 4) is 5.75 Å². The van der Waals surface area contributed by atoms with E-state index in [1.54, 1.807) is 7.11 Å². The van der Waals surface area contributed by atoms with Gasteiger partial charge in [0.2, 0.25) is 0 Å². The van der Waals surface area contributed by atoms with Crippen molar-refractivity contribution >= 4 is 11.9 Å². The molecule has 1 aliphatic rings. The second-order valence-corrected chi connectivity index (χ2v) is 4.45. The maximum Gasteiger partial charge on any atom is 0.161 e. The summed E-state index contributed by atoms with van der Waals surface area (Å²) in [6.45, 7) is 4.72. The molecule has 0 atom stereocenters. The van der Waals surface area contributed by atoms with Crippen LogP contribution in [-0.2, 0) is 4.79 Å². The summed E-state index contributed by atoms with van der Waals surface area (Å²) in [5, 5.41) is 0. The molecular formula is C15H19NO2. The number of hydrogen-bond acceptors (Lipinski definition) is 3. The smallest absolute Gasteiger partial charge is 0.161 e. The maximum atomic E-state index is 11.9. The fourth-order valence-corrected chi connectivity index (χ4v) is 2.20. The monoisotopic (exact) mass is 245 g/mol. The van der Waals surface area contributed by atoms with Crippen molar-refractivity contribution in [3.05, 3.63) is 35.4 Å². The molecule has 3 nitrogen and oxygen atoms in total. The van der Waals surface area contributed by atoms with Crippen LogP contribution >= 0.6 is 0 Å². The Hall–Kier alpha value is -1.61. The Kier molecular flexibility index (Phi) is 4.15. The molecule has 1 heterocycles. The second-order valence-electron chi connectivity index (χ2n) is 4.45. The Morgan fingerprint density at radius 1 is 1.39 bits per heavy atom. The van der Waals surface area contributed by atoms with E-state index in [0.29, 0.717) is 6.42 Å². The molecule has 1 fully saturated rings. The van der Waals surface area contributed by atoms with E-state index >= 15 is 0 Å². The fraction of sp³-hybridized carbons (Fsp3) is 0.400. The molecule has 0 saturated carbocycles. The van der Waals surface area contributed by atoms with Gasteiger partial charge in [-0.05, 0) is 18.7 Å². The molecule has 0 radical (unpaired) electrons. The minimum Gasteiger partial charge on any atom is -0.496 e. The Morgan fingerprint density at radius 3 is 2.89 bits per heavy atom. The van der Waals surface area contributed by atoms with Crippen molar-refractivity contribution in [2.75, 3.05) is 26.7 Å². The summed E-state index contributed by atoms with van der Waals surface area (Å²) >= 11 is 0. The number of likely N-dealkylation sites (tertiary alicyclic amines) is 1. The van der Waals surface area contributed by atoms with Crippen molar-refractivity contribution in [1.29, 1.82) is 0 Å². The maximum absolute atomic E-state index is 11.9. The number of Topliss-reactive ketones (excluding diaryl/α,β-unsaturated/α-hetero) is 1. The van der Waals surface area contributed by atoms with Gasteiger partial charge in [0, 0.05) is 30.6 Å². The zero-order valence-corrected chi connectivity index (χ0v) is 11.0. The predicted molar refractivity (Wildman–Crippen MR) is 72.7 cm³/mol. The van der Waals surface area contributed by atoms with Crippen LogP contribution in [0.4, 0.5) is 0 Å². The van der Waals surface area contributed by atoms with Crippen molar-refractivity contribution < 1.29 is 9.53 Å². The number of hydrogen-bond donors (Lipinski definition) is 0. The van der Waals surface area contributed by atoms with Gasteiger partial charge in [-0.1, -0.05) is 25.1 Å². The number of carbonyl (C=O) groups excluding carboxylic acids is 1. The molecule has 3 heteroatoms. The van der Waals surface area contributed by atoms with Crippen LogP contribution in [0.3, 0.4) is 0 Å². The highest BCUT2D eigenvalue weighted by atomic mass is 16.5. The third-order valence-electron chi connectivity index (χ3n) is 3.32. The van der Waals surface area contributed by atoms with Crippen LogP contribution in [-0.4, -0.2) is 37.4 Å². The standard InChI is InChI=1S/C15H19NO2/c1-3-16-9-8-14(17)13(11-16)10-12-6-4-5-7-15(12)18-2/h4-7,10H,3,8-9,11H2,1-2H3/b13-10+. The molecule has 0 N–H and O–H groups in total. The summed E-state index contributed by atoms with van der Waals surface area (Å²) in [7, 11) is 1.65. The molecule has 0 amide bonds. The molecule has 1 aromatic carbocycles. The van der Waals surface area contributed by atoms with Crippen molar-refractivity contribution in [2.24, 2.45) is 0 Å². The van der Waals surface area contributed by atoms with Gasteiger partial charge in [-0.15, -0.1) is 0 Å². The number of rotatable bonds is 3. The molecule has 0 aliphatic carbocycles. The van der Waals surface area contributed by atoms with E-state index in [9.17, 15) is 4.79 Å². The van der Waals surface area contributed by atoms with Crippen molar-refractivity contribution in [3.63, 3.8) is 0 Å². The molecule has 0 bridgehead atoms. The molecule has 1 aromatic rings. The summed E-state index contributed by atoms with van der Waals surface area (Å²) in [6.07, 6.45) is 2.58. The zero-order chi connectivity index (χ0) is 13.0. The molecule has 2 rings (SSSR count). The Bertz CT molecular complexity index is 465. The second kappa shape index (κ2) is 5.83. The lowest BCUT2D eigenvalue weighted by Gasteiger charge is -2.26. The van der Waals surface area contributed by atoms with Gasteiger partial charge in [0.05, 0.1) is 7.11 Å². The number of ketones is 1. The fourth-order valence-electron chi connectivity index (χ4n) is 2.20. The first-order valence-electron chi connectivity index (χ1n) is 6.33. The van der Waals surface area contributed by atoms with E-state index < -0.39 is 0 Å². The predicted octanol–water partition coefficient (Wildman–Crippen LogP) is 2.37. The van der Waals surface area contributed by atoms with Gasteiger partial charge in [-0.3, -0.25) is 9.69 Å². The summed E-state index contributed by atoms with van der Waals surface area (Å²) in [4.78, 5) is 14.2. The van der Waals surface area contributed by atoms with Crippen LogP contribution in [0.1, 0.15) is 18.9 Å². The number of benzene rings is 1. The number of likely N-dealkylation sites (N-methyl/N-ethyl adjacent to an activating group) is 1. The van der Waals surface area contributed by atoms with Gasteiger partial charge < -0.3 is 4.74 Å². The topological polar surface area (TPSA) is 29.5 Å². The van der Waals surface area contributed by atoms with E-state index in [1.807, 2.05) is 30.3 Å². The van der Waals surface area contributed by atoms with Gasteiger partial charge in [-0.2, -0.15) is 0 Å². The largest absolute Gasteiger partial charge is 0.496 e. The van der Waals surface area contributed by atoms with E-state index in [4.69, 9.17) is 4.74 Å². The Labute approximate surface area is 108 Å². The highest BCUT2D eigenvalue weighted by molar-refractivity contribution is 6.01. The normalized spacial score (nSPS) is 19.2. The van der Waals surface area contributed by atoms with Crippen LogP contribution in [0, 0.1) is 0 Å². The third-order valence-corrected chi connectivity index (χ3v) is 3.32. The van der Waals surface area contributed by atoms with Gasteiger partial charge in [0.25, 0.3) is 0 Å². The molecule has 0 unspecified atom stereocenters. The van der Waals surface area contributed by atoms with Crippen molar-refractivity contribution in [2.45, 2.75) is 13.3 Å². The zero-order valence-electron chi connectivity index (χ0n) is 11.0. The van der Waals surface area contributed by atoms with Crippen LogP contribution in [0.15, 0.2) is 29.8 Å². The number of methoxy groups -OCH3 is 1. The van der Waals surface area contributed by atoms with Crippen LogP contribution in [0.2, 0.25) is 0 Å². The third kappa shape index (κ3) is 2.79. The number of ether oxygens (including phenoxy) is 1. The molecule has 18 heavy (non-hydrogen) atoms. The quantitative estimate of drug-likeness (QED) is 0.766. The highest BCUT2D eigenvalue weighted by Gasteiger charge is 2.20. The van der Waals surface area contributed by atoms with Gasteiger partial charge in [0.15, 0.2) is 5.78 Å². The lowest BCUT2D eigenvalue weighted by molar-refractivity contribution is -0.117. The minimum absolute atomic E-state index is 0.255. The van der Waals surface area contributed by atoms with E-state index in [1.165, 1.54) is 0 Å². The average molecular weight is 245 g/mol. The van der Waals surface area contributed by atoms with Crippen LogP contribution in [0.25, 0.3) is 6.08 Å². The number of piperidine rings is 1. The summed E-state index contributed by atoms with van der Waals surface area (Å²) < 4.78 is 5.31. The van der Waals surface area contributed by atoms with Crippen molar-refractivity contribution in [1.82, 2.24) is 4.90 Å². The SMILES string of the molecule is CCN1CCC(=O)/C(=C/c2ccccc2OC)C1. The first-order valence-corrected chi connectivity index (χ1v) is 6.33. The first-order chi connectivity index (χ1) is 8.74. The molecule has 96 valence electrons. The summed E-state index contributed by atoms with van der Waals surface area (Å²) in [5.74, 6) is 1.07. The lowest BCUT2D eigenvalue weighted by Crippen LogP contribution is -2.35. The molecule has 0 aromatic heterocycles. The minimum atomic E-state index is 0.255. The van der Waals surface area contributed by atoms with E-state index in [-0.39, 0.29) is 5.78 Å². The Morgan fingerprint density at radius 2 is 2.17 bits per heavy atom. The van der Waals surface area contributed by atoms with E-state index in [0.717, 1.165) is 36.5 Å². The first kappa shape index (κ1) is 12.8.